The number of hydrogen-bond acceptors (Lipinski definition) is 2. The molecule has 0 aliphatic carbocycles. The molecule has 2 aromatic rings. The maximum absolute atomic E-state index is 11.3. The summed E-state index contributed by atoms with van der Waals surface area (Å²) in [6.45, 7) is 2.08. The van der Waals surface area contributed by atoms with Crippen LogP contribution in [0.25, 0.3) is 0 Å². The fourth-order valence-corrected chi connectivity index (χ4v) is 3.75. The number of amides is 1. The van der Waals surface area contributed by atoms with Crippen LogP contribution in [0.3, 0.4) is 0 Å². The minimum Gasteiger partial charge on any atom is -0.326 e. The summed E-state index contributed by atoms with van der Waals surface area (Å²) in [5.41, 5.74) is 4.43. The van der Waals surface area contributed by atoms with Crippen molar-refractivity contribution in [2.45, 2.75) is 25.1 Å². The summed E-state index contributed by atoms with van der Waals surface area (Å²) in [5, 5.41) is 4.85. The van der Waals surface area contributed by atoms with Gasteiger partial charge in [0.15, 0.2) is 0 Å². The Bertz CT molecular complexity index is 635. The third kappa shape index (κ3) is 2.40. The molecule has 1 aliphatic heterocycles. The van der Waals surface area contributed by atoms with Crippen LogP contribution in [-0.2, 0) is 11.2 Å². The van der Waals surface area contributed by atoms with Crippen LogP contribution in [0.5, 0.6) is 0 Å². The Balaban J connectivity index is 1.94. The third-order valence-electron chi connectivity index (χ3n) is 3.45. The van der Waals surface area contributed by atoms with Gasteiger partial charge in [0.05, 0.1) is 5.38 Å². The molecule has 1 amide bonds. The van der Waals surface area contributed by atoms with Crippen molar-refractivity contribution in [2.24, 2.45) is 0 Å². The minimum absolute atomic E-state index is 0.0942. The highest BCUT2D eigenvalue weighted by atomic mass is 35.5. The Kier molecular flexibility index (Phi) is 3.33. The SMILES string of the molecule is Cc1ccsc1C(Cl)c1ccc2c(c1)CCC(=O)N2. The van der Waals surface area contributed by atoms with Gasteiger partial charge in [0.1, 0.15) is 0 Å². The van der Waals surface area contributed by atoms with Crippen molar-refractivity contribution in [1.29, 1.82) is 0 Å². The Labute approximate surface area is 121 Å². The quantitative estimate of drug-likeness (QED) is 0.823. The zero-order valence-corrected chi connectivity index (χ0v) is 12.1. The second-order valence-electron chi connectivity index (χ2n) is 4.80. The standard InChI is InChI=1S/C15H14ClNOS/c1-9-6-7-19-15(9)14(16)11-2-4-12-10(8-11)3-5-13(18)17-12/h2,4,6-8,14H,3,5H2,1H3,(H,17,18). The molecule has 4 heteroatoms. The van der Waals surface area contributed by atoms with Crippen molar-refractivity contribution in [3.63, 3.8) is 0 Å². The highest BCUT2D eigenvalue weighted by molar-refractivity contribution is 7.10. The third-order valence-corrected chi connectivity index (χ3v) is 5.13. The van der Waals surface area contributed by atoms with E-state index < -0.39 is 0 Å². The molecule has 0 bridgehead atoms. The average Bonchev–Trinajstić information content (AvgIpc) is 2.83. The molecule has 0 saturated heterocycles. The number of nitrogens with one attached hydrogen (secondary N) is 1. The molecule has 0 fully saturated rings. The van der Waals surface area contributed by atoms with Crippen LogP contribution in [0.15, 0.2) is 29.6 Å². The molecule has 19 heavy (non-hydrogen) atoms. The molecule has 1 aromatic carbocycles. The molecule has 2 heterocycles. The lowest BCUT2D eigenvalue weighted by Gasteiger charge is -2.19. The first-order chi connectivity index (χ1) is 9.15. The van der Waals surface area contributed by atoms with Crippen LogP contribution in [0.2, 0.25) is 0 Å². The number of carbonyl (C=O) groups is 1. The molecule has 98 valence electrons. The summed E-state index contributed by atoms with van der Waals surface area (Å²) in [5.74, 6) is 0.0942. The Morgan fingerprint density at radius 1 is 1.32 bits per heavy atom. The van der Waals surface area contributed by atoms with Crippen molar-refractivity contribution in [2.75, 3.05) is 5.32 Å². The van der Waals surface area contributed by atoms with E-state index in [0.717, 1.165) is 17.7 Å². The number of halogens is 1. The van der Waals surface area contributed by atoms with Gasteiger partial charge in [-0.3, -0.25) is 4.79 Å². The fraction of sp³-hybridized carbons (Fsp3) is 0.267. The lowest BCUT2D eigenvalue weighted by Crippen LogP contribution is -2.19. The lowest BCUT2D eigenvalue weighted by molar-refractivity contribution is -0.116. The predicted molar refractivity (Wildman–Crippen MR) is 80.1 cm³/mol. The molecule has 1 N–H and O–H groups in total. The summed E-state index contributed by atoms with van der Waals surface area (Å²) >= 11 is 8.26. The summed E-state index contributed by atoms with van der Waals surface area (Å²) in [6.07, 6.45) is 1.35. The number of alkyl halides is 1. The molecule has 1 unspecified atom stereocenters. The Morgan fingerprint density at radius 3 is 2.89 bits per heavy atom. The number of anilines is 1. The van der Waals surface area contributed by atoms with E-state index in [1.807, 2.05) is 12.1 Å². The van der Waals surface area contributed by atoms with Crippen molar-refractivity contribution in [1.82, 2.24) is 0 Å². The van der Waals surface area contributed by atoms with Crippen molar-refractivity contribution < 1.29 is 4.79 Å². The van der Waals surface area contributed by atoms with E-state index >= 15 is 0 Å². The molecule has 2 nitrogen and oxygen atoms in total. The number of thiophene rings is 1. The zero-order chi connectivity index (χ0) is 13.4. The first-order valence-electron chi connectivity index (χ1n) is 6.26. The maximum Gasteiger partial charge on any atom is 0.224 e. The topological polar surface area (TPSA) is 29.1 Å². The van der Waals surface area contributed by atoms with E-state index in [1.165, 1.54) is 16.0 Å². The van der Waals surface area contributed by atoms with Gasteiger partial charge in [0.25, 0.3) is 0 Å². The fourth-order valence-electron chi connectivity index (χ4n) is 2.36. The second kappa shape index (κ2) is 4.99. The number of aryl methyl sites for hydroxylation is 2. The Hall–Kier alpha value is -1.32. The van der Waals surface area contributed by atoms with Crippen molar-refractivity contribution in [3.05, 3.63) is 51.2 Å². The number of fused-ring (bicyclic) bond motifs is 1. The van der Waals surface area contributed by atoms with E-state index in [9.17, 15) is 4.79 Å². The van der Waals surface area contributed by atoms with Gasteiger partial charge in [-0.2, -0.15) is 0 Å². The van der Waals surface area contributed by atoms with Gasteiger partial charge < -0.3 is 5.32 Å². The van der Waals surface area contributed by atoms with Gasteiger partial charge in [-0.05, 0) is 47.5 Å². The first kappa shape index (κ1) is 12.7. The van der Waals surface area contributed by atoms with Gasteiger partial charge in [-0.15, -0.1) is 22.9 Å². The molecule has 1 aromatic heterocycles. The van der Waals surface area contributed by atoms with Crippen molar-refractivity contribution >= 4 is 34.5 Å². The first-order valence-corrected chi connectivity index (χ1v) is 7.57. The van der Waals surface area contributed by atoms with Crippen molar-refractivity contribution in [3.8, 4) is 0 Å². The van der Waals surface area contributed by atoms with Crippen LogP contribution >= 0.6 is 22.9 Å². The molecule has 3 rings (SSSR count). The van der Waals surface area contributed by atoms with Gasteiger partial charge in [-0.25, -0.2) is 0 Å². The number of rotatable bonds is 2. The monoisotopic (exact) mass is 291 g/mol. The van der Waals surface area contributed by atoms with Gasteiger partial charge in [0, 0.05) is 17.0 Å². The summed E-state index contributed by atoms with van der Waals surface area (Å²) in [4.78, 5) is 12.5. The summed E-state index contributed by atoms with van der Waals surface area (Å²) in [6, 6.07) is 8.17. The van der Waals surface area contributed by atoms with E-state index in [-0.39, 0.29) is 11.3 Å². The molecular formula is C15H14ClNOS. The predicted octanol–water partition coefficient (Wildman–Crippen LogP) is 4.27. The van der Waals surface area contributed by atoms with Crippen LogP contribution in [-0.4, -0.2) is 5.91 Å². The van der Waals surface area contributed by atoms with E-state index in [0.29, 0.717) is 6.42 Å². The van der Waals surface area contributed by atoms with Crippen LogP contribution < -0.4 is 5.32 Å². The van der Waals surface area contributed by atoms with Crippen LogP contribution in [0, 0.1) is 6.92 Å². The summed E-state index contributed by atoms with van der Waals surface area (Å²) < 4.78 is 0. The number of benzene rings is 1. The lowest BCUT2D eigenvalue weighted by atomic mass is 9.98. The summed E-state index contributed by atoms with van der Waals surface area (Å²) in [7, 11) is 0. The van der Waals surface area contributed by atoms with Gasteiger partial charge in [0.2, 0.25) is 5.91 Å². The van der Waals surface area contributed by atoms with Gasteiger partial charge >= 0.3 is 0 Å². The zero-order valence-electron chi connectivity index (χ0n) is 10.6. The molecule has 0 spiro atoms. The van der Waals surface area contributed by atoms with Crippen LogP contribution in [0.4, 0.5) is 5.69 Å². The van der Waals surface area contributed by atoms with E-state index in [4.69, 9.17) is 11.6 Å². The molecule has 1 atom stereocenters. The normalized spacial score (nSPS) is 15.8. The maximum atomic E-state index is 11.3. The van der Waals surface area contributed by atoms with E-state index in [1.54, 1.807) is 11.3 Å². The van der Waals surface area contributed by atoms with E-state index in [2.05, 4.69) is 29.8 Å². The number of hydrogen-bond donors (Lipinski definition) is 1. The Morgan fingerprint density at radius 2 is 2.16 bits per heavy atom. The minimum atomic E-state index is -0.108. The van der Waals surface area contributed by atoms with Crippen LogP contribution in [0.1, 0.15) is 33.4 Å². The average molecular weight is 292 g/mol. The largest absolute Gasteiger partial charge is 0.326 e. The number of carbonyl (C=O) groups excluding carboxylic acids is 1. The molecule has 0 saturated carbocycles. The molecular weight excluding hydrogens is 278 g/mol. The molecule has 1 aliphatic rings. The smallest absolute Gasteiger partial charge is 0.224 e. The molecule has 0 radical (unpaired) electrons. The second-order valence-corrected chi connectivity index (χ2v) is 6.18. The highest BCUT2D eigenvalue weighted by Crippen LogP contribution is 2.36. The highest BCUT2D eigenvalue weighted by Gasteiger charge is 2.19. The van der Waals surface area contributed by atoms with Gasteiger partial charge in [-0.1, -0.05) is 12.1 Å².